The van der Waals surface area contributed by atoms with Crippen LogP contribution in [0.4, 0.5) is 0 Å². The third kappa shape index (κ3) is 22.6. The Morgan fingerprint density at radius 2 is 0.643 bits per heavy atom. The SMILES string of the molecule is O=C(O)C(=O)O.O=C(O)C(=O)O.[H-].[H-].[Na+].[Na+]. The van der Waals surface area contributed by atoms with Gasteiger partial charge in [-0.05, 0) is 0 Å². The van der Waals surface area contributed by atoms with E-state index in [-0.39, 0.29) is 62.0 Å². The molecule has 0 rings (SSSR count). The summed E-state index contributed by atoms with van der Waals surface area (Å²) in [5.74, 6) is -7.30. The van der Waals surface area contributed by atoms with E-state index in [1.165, 1.54) is 0 Å². The Morgan fingerprint density at radius 1 is 0.571 bits per heavy atom. The molecule has 14 heavy (non-hydrogen) atoms. The van der Waals surface area contributed by atoms with Crippen LogP contribution >= 0.6 is 0 Å². The van der Waals surface area contributed by atoms with Crippen molar-refractivity contribution >= 4 is 23.9 Å². The Balaban J connectivity index is -0.0000000250. The maximum atomic E-state index is 9.10. The second-order valence-electron chi connectivity index (χ2n) is 1.22. The molecular formula is C4H6Na2O8. The van der Waals surface area contributed by atoms with Crippen LogP contribution in [0, 0.1) is 0 Å². The van der Waals surface area contributed by atoms with Crippen LogP contribution in [0.25, 0.3) is 0 Å². The standard InChI is InChI=1S/2C2H2O4.2Na.2H/c2*3-1(4)2(5)6;;;;/h2*(H,3,4)(H,5,6);;;;/q;;2*+1;2*-1. The van der Waals surface area contributed by atoms with Crippen LogP contribution < -0.4 is 59.1 Å². The summed E-state index contributed by atoms with van der Waals surface area (Å²) in [6.45, 7) is 0. The normalized spacial score (nSPS) is 6.29. The van der Waals surface area contributed by atoms with Crippen LogP contribution in [-0.2, 0) is 19.2 Å². The molecule has 0 aliphatic heterocycles. The zero-order valence-corrected chi connectivity index (χ0v) is 11.4. The molecule has 0 aromatic rings. The first-order valence-electron chi connectivity index (χ1n) is 2.21. The van der Waals surface area contributed by atoms with Crippen molar-refractivity contribution in [3.05, 3.63) is 0 Å². The van der Waals surface area contributed by atoms with E-state index < -0.39 is 23.9 Å². The quantitative estimate of drug-likeness (QED) is 0.236. The molecule has 0 unspecified atom stereocenters. The topological polar surface area (TPSA) is 149 Å². The molecule has 0 amide bonds. The third-order valence-corrected chi connectivity index (χ3v) is 0.366. The first kappa shape index (κ1) is 23.6. The zero-order chi connectivity index (χ0) is 10.3. The Labute approximate surface area is 124 Å². The Bertz CT molecular complexity index is 184. The van der Waals surface area contributed by atoms with Crippen LogP contribution in [0.3, 0.4) is 0 Å². The summed E-state index contributed by atoms with van der Waals surface area (Å²) < 4.78 is 0. The van der Waals surface area contributed by atoms with Gasteiger partial charge in [0, 0.05) is 0 Å². The van der Waals surface area contributed by atoms with Gasteiger partial charge in [-0.25, -0.2) is 19.2 Å². The molecular weight excluding hydrogens is 222 g/mol. The van der Waals surface area contributed by atoms with E-state index in [1.54, 1.807) is 0 Å². The van der Waals surface area contributed by atoms with Crippen LogP contribution in [0.1, 0.15) is 2.85 Å². The molecule has 0 heterocycles. The number of hydrogen-bond donors (Lipinski definition) is 4. The minimum Gasteiger partial charge on any atom is -1.00 e. The number of aliphatic carboxylic acids is 4. The summed E-state index contributed by atoms with van der Waals surface area (Å²) in [5.41, 5.74) is 0. The first-order valence-corrected chi connectivity index (χ1v) is 2.21. The molecule has 10 heteroatoms. The second kappa shape index (κ2) is 12.9. The van der Waals surface area contributed by atoms with Crippen molar-refractivity contribution in [2.75, 3.05) is 0 Å². The molecule has 0 aliphatic rings. The van der Waals surface area contributed by atoms with Crippen LogP contribution in [0.5, 0.6) is 0 Å². The average Bonchev–Trinajstić information content (AvgIpc) is 1.88. The Hall–Kier alpha value is -0.120. The monoisotopic (exact) mass is 228 g/mol. The van der Waals surface area contributed by atoms with E-state index in [9.17, 15) is 0 Å². The van der Waals surface area contributed by atoms with Gasteiger partial charge >= 0.3 is 83.0 Å². The van der Waals surface area contributed by atoms with Crippen molar-refractivity contribution in [1.82, 2.24) is 0 Å². The zero-order valence-electron chi connectivity index (χ0n) is 9.42. The molecule has 0 aromatic carbocycles. The molecule has 0 radical (unpaired) electrons. The molecule has 0 saturated heterocycles. The largest absolute Gasteiger partial charge is 1.00 e. The fraction of sp³-hybridized carbons (Fsp3) is 0. The van der Waals surface area contributed by atoms with E-state index in [2.05, 4.69) is 0 Å². The predicted octanol–water partition coefficient (Wildman–Crippen LogP) is -7.46. The summed E-state index contributed by atoms with van der Waals surface area (Å²) >= 11 is 0. The van der Waals surface area contributed by atoms with Gasteiger partial charge in [0.25, 0.3) is 0 Å². The fourth-order valence-corrected chi connectivity index (χ4v) is 0. The van der Waals surface area contributed by atoms with E-state index in [0.717, 1.165) is 0 Å². The molecule has 4 N–H and O–H groups in total. The average molecular weight is 228 g/mol. The smallest absolute Gasteiger partial charge is 1.00 e. The molecule has 0 aromatic heterocycles. The molecule has 72 valence electrons. The van der Waals surface area contributed by atoms with Crippen molar-refractivity contribution in [2.24, 2.45) is 0 Å². The molecule has 0 spiro atoms. The van der Waals surface area contributed by atoms with Crippen molar-refractivity contribution < 1.29 is 102 Å². The van der Waals surface area contributed by atoms with E-state index in [0.29, 0.717) is 0 Å². The van der Waals surface area contributed by atoms with E-state index in [4.69, 9.17) is 39.6 Å². The second-order valence-corrected chi connectivity index (χ2v) is 1.22. The number of carbonyl (C=O) groups is 4. The minimum absolute atomic E-state index is 0. The maximum absolute atomic E-state index is 9.10. The van der Waals surface area contributed by atoms with Crippen LogP contribution in [0.15, 0.2) is 0 Å². The molecule has 0 fully saturated rings. The van der Waals surface area contributed by atoms with E-state index in [1.807, 2.05) is 0 Å². The number of carboxylic acid groups (broad SMARTS) is 4. The van der Waals surface area contributed by atoms with Gasteiger partial charge in [-0.1, -0.05) is 0 Å². The van der Waals surface area contributed by atoms with Gasteiger partial charge in [0.1, 0.15) is 0 Å². The first-order chi connectivity index (χ1) is 5.29. The Morgan fingerprint density at radius 3 is 0.643 bits per heavy atom. The van der Waals surface area contributed by atoms with Crippen molar-refractivity contribution in [2.45, 2.75) is 0 Å². The summed E-state index contributed by atoms with van der Waals surface area (Å²) in [7, 11) is 0. The van der Waals surface area contributed by atoms with Crippen molar-refractivity contribution in [1.29, 1.82) is 0 Å². The van der Waals surface area contributed by atoms with Gasteiger partial charge in [-0.3, -0.25) is 0 Å². The van der Waals surface area contributed by atoms with Gasteiger partial charge < -0.3 is 23.3 Å². The fourth-order valence-electron chi connectivity index (χ4n) is 0. The van der Waals surface area contributed by atoms with Crippen LogP contribution in [-0.4, -0.2) is 44.3 Å². The third-order valence-electron chi connectivity index (χ3n) is 0.366. The molecule has 8 nitrogen and oxygen atoms in total. The number of carboxylic acids is 4. The van der Waals surface area contributed by atoms with Crippen molar-refractivity contribution in [3.63, 3.8) is 0 Å². The summed E-state index contributed by atoms with van der Waals surface area (Å²) in [4.78, 5) is 36.4. The Kier molecular flexibility index (Phi) is 21.7. The molecule has 0 atom stereocenters. The molecule has 0 aliphatic carbocycles. The summed E-state index contributed by atoms with van der Waals surface area (Å²) in [6, 6.07) is 0. The maximum Gasteiger partial charge on any atom is 1.00 e. The van der Waals surface area contributed by atoms with Crippen molar-refractivity contribution in [3.8, 4) is 0 Å². The predicted molar refractivity (Wildman–Crippen MR) is 32.8 cm³/mol. The number of hydrogen-bond acceptors (Lipinski definition) is 4. The van der Waals surface area contributed by atoms with Gasteiger partial charge in [0.15, 0.2) is 0 Å². The van der Waals surface area contributed by atoms with Crippen LogP contribution in [0.2, 0.25) is 0 Å². The molecule has 0 bridgehead atoms. The molecule has 0 saturated carbocycles. The number of rotatable bonds is 0. The van der Waals surface area contributed by atoms with Gasteiger partial charge in [0.05, 0.1) is 0 Å². The summed E-state index contributed by atoms with van der Waals surface area (Å²) in [6.07, 6.45) is 0. The summed E-state index contributed by atoms with van der Waals surface area (Å²) in [5, 5.41) is 29.6. The van der Waals surface area contributed by atoms with E-state index >= 15 is 0 Å². The minimum atomic E-state index is -1.82. The van der Waals surface area contributed by atoms with Gasteiger partial charge in [-0.2, -0.15) is 0 Å². The van der Waals surface area contributed by atoms with Gasteiger partial charge in [-0.15, -0.1) is 0 Å². The van der Waals surface area contributed by atoms with Gasteiger partial charge in [0.2, 0.25) is 0 Å².